The van der Waals surface area contributed by atoms with E-state index >= 15 is 0 Å². The molecule has 0 aliphatic heterocycles. The standard InChI is InChI=1S/C14H12F2.H3N/c1-10(11-2-6-13(15)7-3-11)12-4-8-14(16)9-5-12;/h2-10H,1H3;1H3. The Bertz CT molecular complexity index is 417. The lowest BCUT2D eigenvalue weighted by Crippen LogP contribution is -1.96. The third-order valence-electron chi connectivity index (χ3n) is 2.74. The molecule has 2 aromatic rings. The van der Waals surface area contributed by atoms with Crippen LogP contribution in [0.2, 0.25) is 0 Å². The van der Waals surface area contributed by atoms with Crippen molar-refractivity contribution in [1.82, 2.24) is 6.15 Å². The molecule has 17 heavy (non-hydrogen) atoms. The van der Waals surface area contributed by atoms with Crippen molar-refractivity contribution in [2.24, 2.45) is 0 Å². The van der Waals surface area contributed by atoms with Crippen LogP contribution in [0.5, 0.6) is 0 Å². The average molecular weight is 235 g/mol. The molecule has 3 N–H and O–H groups in total. The summed E-state index contributed by atoms with van der Waals surface area (Å²) in [5, 5.41) is 0. The fourth-order valence-corrected chi connectivity index (χ4v) is 1.70. The minimum absolute atomic E-state index is 0. The van der Waals surface area contributed by atoms with Crippen LogP contribution in [0.15, 0.2) is 48.5 Å². The molecule has 0 fully saturated rings. The zero-order chi connectivity index (χ0) is 11.5. The summed E-state index contributed by atoms with van der Waals surface area (Å²) < 4.78 is 25.5. The Morgan fingerprint density at radius 2 is 1.00 bits per heavy atom. The van der Waals surface area contributed by atoms with E-state index in [9.17, 15) is 8.78 Å². The number of benzene rings is 2. The normalized spacial score (nSPS) is 10.1. The molecule has 0 aliphatic carbocycles. The second-order valence-corrected chi connectivity index (χ2v) is 3.82. The number of hydrogen-bond acceptors (Lipinski definition) is 1. The van der Waals surface area contributed by atoms with Gasteiger partial charge in [-0.3, -0.25) is 0 Å². The van der Waals surface area contributed by atoms with Crippen LogP contribution >= 0.6 is 0 Å². The lowest BCUT2D eigenvalue weighted by atomic mass is 9.93. The maximum atomic E-state index is 12.8. The first kappa shape index (κ1) is 13.3. The Labute approximate surface area is 99.7 Å². The van der Waals surface area contributed by atoms with Gasteiger partial charge in [-0.05, 0) is 35.4 Å². The topological polar surface area (TPSA) is 35.0 Å². The number of halogens is 2. The van der Waals surface area contributed by atoms with Gasteiger partial charge in [-0.15, -0.1) is 0 Å². The highest BCUT2D eigenvalue weighted by Gasteiger charge is 2.08. The minimum atomic E-state index is -0.241. The van der Waals surface area contributed by atoms with Gasteiger partial charge < -0.3 is 6.15 Å². The van der Waals surface area contributed by atoms with Crippen LogP contribution in [0, 0.1) is 11.6 Å². The number of rotatable bonds is 2. The molecule has 1 nitrogen and oxygen atoms in total. The summed E-state index contributed by atoms with van der Waals surface area (Å²) in [6.07, 6.45) is 0. The van der Waals surface area contributed by atoms with Crippen molar-refractivity contribution in [3.63, 3.8) is 0 Å². The van der Waals surface area contributed by atoms with Crippen molar-refractivity contribution < 1.29 is 8.78 Å². The average Bonchev–Trinajstić information content (AvgIpc) is 2.30. The Morgan fingerprint density at radius 3 is 1.29 bits per heavy atom. The Kier molecular flexibility index (Phi) is 4.35. The lowest BCUT2D eigenvalue weighted by molar-refractivity contribution is 0.625. The zero-order valence-electron chi connectivity index (χ0n) is 9.66. The molecule has 0 unspecified atom stereocenters. The largest absolute Gasteiger partial charge is 0.344 e. The fourth-order valence-electron chi connectivity index (χ4n) is 1.70. The van der Waals surface area contributed by atoms with Crippen molar-refractivity contribution in [2.75, 3.05) is 0 Å². The van der Waals surface area contributed by atoms with Crippen LogP contribution in [0.1, 0.15) is 24.0 Å². The summed E-state index contributed by atoms with van der Waals surface area (Å²) in [7, 11) is 0. The molecular formula is C14H15F2N. The van der Waals surface area contributed by atoms with Gasteiger partial charge in [0.15, 0.2) is 0 Å². The number of hydrogen-bond donors (Lipinski definition) is 1. The van der Waals surface area contributed by atoms with E-state index in [1.807, 2.05) is 6.92 Å². The van der Waals surface area contributed by atoms with E-state index in [-0.39, 0.29) is 23.7 Å². The molecule has 0 saturated heterocycles. The first-order valence-electron chi connectivity index (χ1n) is 5.18. The molecule has 0 aromatic heterocycles. The van der Waals surface area contributed by atoms with Gasteiger partial charge in [0, 0.05) is 5.92 Å². The summed E-state index contributed by atoms with van der Waals surface area (Å²) in [5.74, 6) is -0.341. The van der Waals surface area contributed by atoms with E-state index in [0.29, 0.717) is 0 Å². The van der Waals surface area contributed by atoms with E-state index in [0.717, 1.165) is 11.1 Å². The molecule has 0 atom stereocenters. The van der Waals surface area contributed by atoms with Gasteiger partial charge in [0.25, 0.3) is 0 Å². The third kappa shape index (κ3) is 3.11. The van der Waals surface area contributed by atoms with Crippen molar-refractivity contribution in [1.29, 1.82) is 0 Å². The SMILES string of the molecule is CC(c1ccc(F)cc1)c1ccc(F)cc1.N. The van der Waals surface area contributed by atoms with E-state index in [4.69, 9.17) is 0 Å². The highest BCUT2D eigenvalue weighted by molar-refractivity contribution is 5.31. The monoisotopic (exact) mass is 235 g/mol. The molecule has 90 valence electrons. The van der Waals surface area contributed by atoms with Crippen molar-refractivity contribution in [3.05, 3.63) is 71.3 Å². The van der Waals surface area contributed by atoms with Crippen LogP contribution in [0.3, 0.4) is 0 Å². The molecule has 0 radical (unpaired) electrons. The third-order valence-corrected chi connectivity index (χ3v) is 2.74. The Balaban J connectivity index is 0.00000144. The summed E-state index contributed by atoms with van der Waals surface area (Å²) in [4.78, 5) is 0. The van der Waals surface area contributed by atoms with E-state index in [1.54, 1.807) is 24.3 Å². The van der Waals surface area contributed by atoms with Crippen LogP contribution in [-0.2, 0) is 0 Å². The molecule has 2 rings (SSSR count). The molecule has 0 amide bonds. The predicted octanol–water partition coefficient (Wildman–Crippen LogP) is 4.28. The fraction of sp³-hybridized carbons (Fsp3) is 0.143. The molecule has 0 bridgehead atoms. The van der Waals surface area contributed by atoms with Crippen LogP contribution in [0.25, 0.3) is 0 Å². The summed E-state index contributed by atoms with van der Waals surface area (Å²) >= 11 is 0. The second-order valence-electron chi connectivity index (χ2n) is 3.82. The zero-order valence-corrected chi connectivity index (χ0v) is 9.66. The van der Waals surface area contributed by atoms with Crippen LogP contribution < -0.4 is 6.15 Å². The molecule has 0 aliphatic rings. The van der Waals surface area contributed by atoms with Crippen molar-refractivity contribution >= 4 is 0 Å². The molecule has 2 aromatic carbocycles. The molecule has 0 saturated carbocycles. The van der Waals surface area contributed by atoms with Crippen LogP contribution in [-0.4, -0.2) is 0 Å². The van der Waals surface area contributed by atoms with E-state index in [2.05, 4.69) is 0 Å². The van der Waals surface area contributed by atoms with Gasteiger partial charge in [0.1, 0.15) is 11.6 Å². The Morgan fingerprint density at radius 1 is 0.706 bits per heavy atom. The molecular weight excluding hydrogens is 220 g/mol. The second kappa shape index (κ2) is 5.55. The lowest BCUT2D eigenvalue weighted by Gasteiger charge is -2.12. The minimum Gasteiger partial charge on any atom is -0.344 e. The highest BCUT2D eigenvalue weighted by Crippen LogP contribution is 2.24. The summed E-state index contributed by atoms with van der Waals surface area (Å²) in [6.45, 7) is 2.01. The van der Waals surface area contributed by atoms with E-state index in [1.165, 1.54) is 24.3 Å². The van der Waals surface area contributed by atoms with Gasteiger partial charge in [0.2, 0.25) is 0 Å². The molecule has 3 heteroatoms. The first-order valence-corrected chi connectivity index (χ1v) is 5.18. The van der Waals surface area contributed by atoms with Crippen molar-refractivity contribution in [2.45, 2.75) is 12.8 Å². The maximum absolute atomic E-state index is 12.8. The predicted molar refractivity (Wildman–Crippen MR) is 65.3 cm³/mol. The quantitative estimate of drug-likeness (QED) is 0.828. The van der Waals surface area contributed by atoms with Crippen LogP contribution in [0.4, 0.5) is 8.78 Å². The highest BCUT2D eigenvalue weighted by atomic mass is 19.1. The summed E-state index contributed by atoms with van der Waals surface area (Å²) in [6, 6.07) is 12.8. The van der Waals surface area contributed by atoms with E-state index < -0.39 is 0 Å². The maximum Gasteiger partial charge on any atom is 0.123 e. The Hall–Kier alpha value is -1.74. The van der Waals surface area contributed by atoms with Crippen molar-refractivity contribution in [3.8, 4) is 0 Å². The smallest absolute Gasteiger partial charge is 0.123 e. The van der Waals surface area contributed by atoms with Gasteiger partial charge >= 0.3 is 0 Å². The van der Waals surface area contributed by atoms with Gasteiger partial charge in [-0.2, -0.15) is 0 Å². The van der Waals surface area contributed by atoms with Gasteiger partial charge in [0.05, 0.1) is 0 Å². The van der Waals surface area contributed by atoms with Gasteiger partial charge in [-0.1, -0.05) is 31.2 Å². The molecule has 0 heterocycles. The summed E-state index contributed by atoms with van der Waals surface area (Å²) in [5.41, 5.74) is 2.04. The molecule has 0 spiro atoms. The first-order chi connectivity index (χ1) is 7.66. The van der Waals surface area contributed by atoms with Gasteiger partial charge in [-0.25, -0.2) is 8.78 Å².